The number of benzene rings is 1. The molecule has 0 aliphatic heterocycles. The third-order valence-electron chi connectivity index (χ3n) is 2.66. The standard InChI is InChI=1S/C13H10ClN3O3/c1-7-10(6-15)12(17(2)16-7)20-8-3-4-11(14)9(5-8)13(18)19/h3-5H,1-2H3,(H,18,19). The molecule has 0 saturated carbocycles. The molecule has 0 fully saturated rings. The van der Waals surface area contributed by atoms with E-state index in [1.54, 1.807) is 14.0 Å². The second-order valence-corrected chi connectivity index (χ2v) is 4.46. The molecule has 1 heterocycles. The largest absolute Gasteiger partial charge is 0.478 e. The molecule has 0 spiro atoms. The van der Waals surface area contributed by atoms with Gasteiger partial charge in [0, 0.05) is 7.05 Å². The third-order valence-corrected chi connectivity index (χ3v) is 2.99. The van der Waals surface area contributed by atoms with Crippen LogP contribution in [-0.4, -0.2) is 20.9 Å². The average Bonchev–Trinajstić information content (AvgIpc) is 2.65. The number of carboxylic acid groups (broad SMARTS) is 1. The van der Waals surface area contributed by atoms with Crippen molar-refractivity contribution >= 4 is 17.6 Å². The number of hydrogen-bond acceptors (Lipinski definition) is 4. The van der Waals surface area contributed by atoms with Gasteiger partial charge in [-0.25, -0.2) is 9.48 Å². The molecule has 0 aliphatic rings. The minimum Gasteiger partial charge on any atom is -0.478 e. The van der Waals surface area contributed by atoms with Crippen LogP contribution in [0.5, 0.6) is 11.6 Å². The number of hydrogen-bond donors (Lipinski definition) is 1. The number of ether oxygens (including phenoxy) is 1. The van der Waals surface area contributed by atoms with Crippen LogP contribution in [0.4, 0.5) is 0 Å². The molecule has 0 unspecified atom stereocenters. The van der Waals surface area contributed by atoms with Crippen LogP contribution in [-0.2, 0) is 7.05 Å². The molecule has 2 aromatic rings. The smallest absolute Gasteiger partial charge is 0.337 e. The molecule has 1 N–H and O–H groups in total. The lowest BCUT2D eigenvalue weighted by atomic mass is 10.2. The van der Waals surface area contributed by atoms with Crippen molar-refractivity contribution in [3.05, 3.63) is 40.0 Å². The molecular formula is C13H10ClN3O3. The van der Waals surface area contributed by atoms with Crippen molar-refractivity contribution in [2.45, 2.75) is 6.92 Å². The molecule has 2 rings (SSSR count). The van der Waals surface area contributed by atoms with Crippen LogP contribution in [0.3, 0.4) is 0 Å². The summed E-state index contributed by atoms with van der Waals surface area (Å²) in [6, 6.07) is 6.25. The van der Waals surface area contributed by atoms with Crippen molar-refractivity contribution in [3.63, 3.8) is 0 Å². The maximum absolute atomic E-state index is 11.0. The molecule has 0 atom stereocenters. The molecule has 0 radical (unpaired) electrons. The molecule has 1 aromatic carbocycles. The maximum Gasteiger partial charge on any atom is 0.337 e. The zero-order chi connectivity index (χ0) is 14.9. The molecular weight excluding hydrogens is 282 g/mol. The van der Waals surface area contributed by atoms with Gasteiger partial charge in [-0.1, -0.05) is 11.6 Å². The lowest BCUT2D eigenvalue weighted by molar-refractivity contribution is 0.0696. The van der Waals surface area contributed by atoms with Crippen LogP contribution >= 0.6 is 11.6 Å². The number of carboxylic acids is 1. The summed E-state index contributed by atoms with van der Waals surface area (Å²) in [6.45, 7) is 1.69. The number of aromatic nitrogens is 2. The Labute approximate surface area is 119 Å². The fourth-order valence-electron chi connectivity index (χ4n) is 1.73. The Hall–Kier alpha value is -2.52. The second-order valence-electron chi connectivity index (χ2n) is 4.05. The summed E-state index contributed by atoms with van der Waals surface area (Å²) in [5.41, 5.74) is 0.776. The van der Waals surface area contributed by atoms with Crippen LogP contribution in [0.15, 0.2) is 18.2 Å². The third kappa shape index (κ3) is 2.44. The molecule has 7 heteroatoms. The van der Waals surface area contributed by atoms with Crippen molar-refractivity contribution < 1.29 is 14.6 Å². The molecule has 1 aromatic heterocycles. The first-order valence-electron chi connectivity index (χ1n) is 5.58. The highest BCUT2D eigenvalue weighted by Gasteiger charge is 2.16. The first-order chi connectivity index (χ1) is 9.43. The topological polar surface area (TPSA) is 88.1 Å². The van der Waals surface area contributed by atoms with E-state index in [9.17, 15) is 4.79 Å². The highest BCUT2D eigenvalue weighted by atomic mass is 35.5. The first kappa shape index (κ1) is 13.9. The zero-order valence-corrected chi connectivity index (χ0v) is 11.5. The summed E-state index contributed by atoms with van der Waals surface area (Å²) in [5, 5.41) is 22.3. The van der Waals surface area contributed by atoms with E-state index in [1.807, 2.05) is 6.07 Å². The predicted molar refractivity (Wildman–Crippen MR) is 71.1 cm³/mol. The number of carbonyl (C=O) groups is 1. The van der Waals surface area contributed by atoms with Crippen molar-refractivity contribution in [3.8, 4) is 17.7 Å². The van der Waals surface area contributed by atoms with E-state index in [-0.39, 0.29) is 22.2 Å². The fraction of sp³-hybridized carbons (Fsp3) is 0.154. The van der Waals surface area contributed by atoms with Gasteiger partial charge >= 0.3 is 5.97 Å². The van der Waals surface area contributed by atoms with Crippen molar-refractivity contribution in [1.29, 1.82) is 5.26 Å². The minimum absolute atomic E-state index is 0.0680. The zero-order valence-electron chi connectivity index (χ0n) is 10.7. The van der Waals surface area contributed by atoms with Crippen molar-refractivity contribution in [1.82, 2.24) is 9.78 Å². The predicted octanol–water partition coefficient (Wildman–Crippen LogP) is 2.74. The molecule has 0 bridgehead atoms. The Balaban J connectivity index is 2.44. The van der Waals surface area contributed by atoms with Gasteiger partial charge in [0.2, 0.25) is 5.88 Å². The number of rotatable bonds is 3. The Kier molecular flexibility index (Phi) is 3.63. The number of nitrogens with zero attached hydrogens (tertiary/aromatic N) is 3. The molecule has 0 aliphatic carbocycles. The Bertz CT molecular complexity index is 731. The van der Waals surface area contributed by atoms with E-state index in [1.165, 1.54) is 22.9 Å². The molecule has 6 nitrogen and oxygen atoms in total. The summed E-state index contributed by atoms with van der Waals surface area (Å²) in [7, 11) is 1.64. The Morgan fingerprint density at radius 1 is 1.55 bits per heavy atom. The van der Waals surface area contributed by atoms with E-state index < -0.39 is 5.97 Å². The van der Waals surface area contributed by atoms with Gasteiger partial charge in [0.05, 0.1) is 16.3 Å². The monoisotopic (exact) mass is 291 g/mol. The number of aromatic carboxylic acids is 1. The van der Waals surface area contributed by atoms with E-state index >= 15 is 0 Å². The number of aryl methyl sites for hydroxylation is 2. The summed E-state index contributed by atoms with van der Waals surface area (Å²) < 4.78 is 6.97. The van der Waals surface area contributed by atoms with Crippen LogP contribution in [0.25, 0.3) is 0 Å². The molecule has 0 saturated heterocycles. The van der Waals surface area contributed by atoms with E-state index in [4.69, 9.17) is 26.7 Å². The summed E-state index contributed by atoms with van der Waals surface area (Å²) in [6.07, 6.45) is 0. The van der Waals surface area contributed by atoms with E-state index in [2.05, 4.69) is 5.10 Å². The Morgan fingerprint density at radius 3 is 2.85 bits per heavy atom. The van der Waals surface area contributed by atoms with Gasteiger partial charge in [0.15, 0.2) is 0 Å². The SMILES string of the molecule is Cc1nn(C)c(Oc2ccc(Cl)c(C(=O)O)c2)c1C#N. The van der Waals surface area contributed by atoms with Crippen LogP contribution in [0.2, 0.25) is 5.02 Å². The van der Waals surface area contributed by atoms with Crippen molar-refractivity contribution in [2.24, 2.45) is 7.05 Å². The Morgan fingerprint density at radius 2 is 2.25 bits per heavy atom. The van der Waals surface area contributed by atoms with Gasteiger partial charge in [-0.05, 0) is 25.1 Å². The molecule has 20 heavy (non-hydrogen) atoms. The van der Waals surface area contributed by atoms with Crippen LogP contribution in [0, 0.1) is 18.3 Å². The van der Waals surface area contributed by atoms with Gasteiger partial charge in [0.25, 0.3) is 0 Å². The minimum atomic E-state index is -1.15. The van der Waals surface area contributed by atoms with Gasteiger partial charge in [0.1, 0.15) is 17.4 Å². The van der Waals surface area contributed by atoms with Gasteiger partial charge < -0.3 is 9.84 Å². The number of halogens is 1. The van der Waals surface area contributed by atoms with E-state index in [0.29, 0.717) is 11.3 Å². The van der Waals surface area contributed by atoms with Crippen LogP contribution < -0.4 is 4.74 Å². The normalized spacial score (nSPS) is 10.1. The maximum atomic E-state index is 11.0. The van der Waals surface area contributed by atoms with Crippen LogP contribution in [0.1, 0.15) is 21.6 Å². The lowest BCUT2D eigenvalue weighted by Crippen LogP contribution is -2.00. The summed E-state index contributed by atoms with van der Waals surface area (Å²) in [4.78, 5) is 11.0. The summed E-state index contributed by atoms with van der Waals surface area (Å²) in [5.74, 6) is -0.628. The molecule has 0 amide bonds. The lowest BCUT2D eigenvalue weighted by Gasteiger charge is -2.07. The van der Waals surface area contributed by atoms with Gasteiger partial charge in [-0.2, -0.15) is 10.4 Å². The highest BCUT2D eigenvalue weighted by Crippen LogP contribution is 2.29. The van der Waals surface area contributed by atoms with E-state index in [0.717, 1.165) is 0 Å². The first-order valence-corrected chi connectivity index (χ1v) is 5.96. The average molecular weight is 292 g/mol. The van der Waals surface area contributed by atoms with Crippen molar-refractivity contribution in [2.75, 3.05) is 0 Å². The number of nitriles is 1. The summed E-state index contributed by atoms with van der Waals surface area (Å²) >= 11 is 5.78. The van der Waals surface area contributed by atoms with Gasteiger partial charge in [-0.15, -0.1) is 0 Å². The molecule has 102 valence electrons. The second kappa shape index (κ2) is 5.23. The van der Waals surface area contributed by atoms with Gasteiger partial charge in [-0.3, -0.25) is 0 Å². The quantitative estimate of drug-likeness (QED) is 0.939. The fourth-order valence-corrected chi connectivity index (χ4v) is 1.92. The highest BCUT2D eigenvalue weighted by molar-refractivity contribution is 6.33.